The van der Waals surface area contributed by atoms with Crippen LogP contribution in [0, 0.1) is 0 Å². The highest BCUT2D eigenvalue weighted by atomic mass is 32.2. The van der Waals surface area contributed by atoms with Crippen LogP contribution in [0.15, 0.2) is 12.3 Å². The molecular formula is C10H14F3N5O2S. The van der Waals surface area contributed by atoms with Gasteiger partial charge in [0.05, 0.1) is 0 Å². The Hall–Kier alpha value is -1.46. The van der Waals surface area contributed by atoms with Gasteiger partial charge in [0.1, 0.15) is 5.69 Å². The van der Waals surface area contributed by atoms with Crippen LogP contribution >= 0.6 is 0 Å². The fourth-order valence-electron chi connectivity index (χ4n) is 2.02. The van der Waals surface area contributed by atoms with Gasteiger partial charge in [-0.25, -0.2) is 15.1 Å². The van der Waals surface area contributed by atoms with Crippen molar-refractivity contribution >= 4 is 16.2 Å². The minimum atomic E-state index is -4.53. The van der Waals surface area contributed by atoms with Gasteiger partial charge in [-0.2, -0.15) is 25.9 Å². The van der Waals surface area contributed by atoms with Gasteiger partial charge < -0.3 is 5.32 Å². The number of anilines is 1. The molecule has 118 valence electrons. The van der Waals surface area contributed by atoms with E-state index in [0.717, 1.165) is 16.6 Å². The normalized spacial score (nSPS) is 18.7. The number of nitrogens with zero attached hydrogens (tertiary/aromatic N) is 3. The zero-order chi connectivity index (χ0) is 15.7. The quantitative estimate of drug-likeness (QED) is 0.846. The number of nitrogens with two attached hydrogens (primary N) is 1. The average Bonchev–Trinajstić information content (AvgIpc) is 2.37. The molecule has 21 heavy (non-hydrogen) atoms. The molecule has 1 saturated heterocycles. The number of halogens is 3. The molecular weight excluding hydrogens is 311 g/mol. The molecule has 0 atom stereocenters. The fraction of sp³-hybridized carbons (Fsp3) is 0.600. The van der Waals surface area contributed by atoms with Gasteiger partial charge in [0, 0.05) is 25.3 Å². The van der Waals surface area contributed by atoms with Gasteiger partial charge in [-0.05, 0) is 18.9 Å². The summed E-state index contributed by atoms with van der Waals surface area (Å²) in [6, 6.07) is 0.584. The van der Waals surface area contributed by atoms with Crippen molar-refractivity contribution in [1.82, 2.24) is 14.3 Å². The Morgan fingerprint density at radius 3 is 2.48 bits per heavy atom. The number of piperidine rings is 1. The van der Waals surface area contributed by atoms with Gasteiger partial charge in [-0.3, -0.25) is 0 Å². The van der Waals surface area contributed by atoms with Crippen molar-refractivity contribution in [3.8, 4) is 0 Å². The lowest BCUT2D eigenvalue weighted by molar-refractivity contribution is -0.141. The van der Waals surface area contributed by atoms with E-state index >= 15 is 0 Å². The maximum atomic E-state index is 12.5. The summed E-state index contributed by atoms with van der Waals surface area (Å²) in [7, 11) is -3.72. The maximum Gasteiger partial charge on any atom is 0.433 e. The summed E-state index contributed by atoms with van der Waals surface area (Å²) < 4.78 is 61.0. The van der Waals surface area contributed by atoms with Crippen LogP contribution in [-0.4, -0.2) is 41.8 Å². The minimum Gasteiger partial charge on any atom is -0.351 e. The first-order valence-electron chi connectivity index (χ1n) is 6.11. The van der Waals surface area contributed by atoms with Gasteiger partial charge in [0.2, 0.25) is 5.95 Å². The molecule has 2 heterocycles. The van der Waals surface area contributed by atoms with Crippen LogP contribution in [0.25, 0.3) is 0 Å². The Bertz CT molecular complexity index is 599. The highest BCUT2D eigenvalue weighted by Crippen LogP contribution is 2.27. The van der Waals surface area contributed by atoms with Crippen LogP contribution in [-0.2, 0) is 16.4 Å². The van der Waals surface area contributed by atoms with Crippen molar-refractivity contribution in [3.63, 3.8) is 0 Å². The van der Waals surface area contributed by atoms with Crippen LogP contribution in [0.4, 0.5) is 19.1 Å². The van der Waals surface area contributed by atoms with Crippen molar-refractivity contribution < 1.29 is 21.6 Å². The first kappa shape index (κ1) is 15.9. The monoisotopic (exact) mass is 325 g/mol. The molecule has 0 radical (unpaired) electrons. The number of hydrogen-bond donors (Lipinski definition) is 2. The fourth-order valence-corrected chi connectivity index (χ4v) is 2.74. The predicted molar refractivity (Wildman–Crippen MR) is 68.4 cm³/mol. The summed E-state index contributed by atoms with van der Waals surface area (Å²) >= 11 is 0. The molecule has 1 fully saturated rings. The Morgan fingerprint density at radius 1 is 1.33 bits per heavy atom. The summed E-state index contributed by atoms with van der Waals surface area (Å²) in [6.07, 6.45) is -2.68. The number of rotatable bonds is 3. The number of hydrogen-bond acceptors (Lipinski definition) is 5. The molecule has 0 saturated carbocycles. The SMILES string of the molecule is NS(=O)(=O)N1CCC(Nc2nccc(C(F)(F)F)n2)CC1. The summed E-state index contributed by atoms with van der Waals surface area (Å²) in [5.74, 6) is -0.126. The molecule has 1 aliphatic rings. The van der Waals surface area contributed by atoms with Gasteiger partial charge in [-0.1, -0.05) is 0 Å². The highest BCUT2D eigenvalue weighted by molar-refractivity contribution is 7.86. The summed E-state index contributed by atoms with van der Waals surface area (Å²) in [4.78, 5) is 7.14. The second kappa shape index (κ2) is 5.73. The molecule has 7 nitrogen and oxygen atoms in total. The Labute approximate surface area is 119 Å². The molecule has 11 heteroatoms. The van der Waals surface area contributed by atoms with Crippen molar-refractivity contribution in [2.45, 2.75) is 25.1 Å². The molecule has 0 aliphatic carbocycles. The lowest BCUT2D eigenvalue weighted by Gasteiger charge is -2.30. The topological polar surface area (TPSA) is 101 Å². The minimum absolute atomic E-state index is 0.126. The lowest BCUT2D eigenvalue weighted by Crippen LogP contribution is -2.45. The van der Waals surface area contributed by atoms with Crippen molar-refractivity contribution in [3.05, 3.63) is 18.0 Å². The third-order valence-corrected chi connectivity index (χ3v) is 4.18. The molecule has 3 N–H and O–H groups in total. The van der Waals surface area contributed by atoms with Crippen LogP contribution in [0.2, 0.25) is 0 Å². The van der Waals surface area contributed by atoms with E-state index < -0.39 is 22.1 Å². The first-order valence-corrected chi connectivity index (χ1v) is 7.61. The van der Waals surface area contributed by atoms with Gasteiger partial charge >= 0.3 is 6.18 Å². The second-order valence-electron chi connectivity index (χ2n) is 4.63. The maximum absolute atomic E-state index is 12.5. The summed E-state index contributed by atoms with van der Waals surface area (Å²) in [5.41, 5.74) is -1.03. The number of aromatic nitrogens is 2. The van der Waals surface area contributed by atoms with E-state index in [2.05, 4.69) is 15.3 Å². The number of alkyl halides is 3. The first-order chi connectivity index (χ1) is 9.66. The smallest absolute Gasteiger partial charge is 0.351 e. The van der Waals surface area contributed by atoms with Crippen LogP contribution in [0.3, 0.4) is 0 Å². The molecule has 1 aromatic heterocycles. The molecule has 0 amide bonds. The van der Waals surface area contributed by atoms with Crippen molar-refractivity contribution in [2.24, 2.45) is 5.14 Å². The van der Waals surface area contributed by atoms with E-state index in [9.17, 15) is 21.6 Å². The zero-order valence-corrected chi connectivity index (χ0v) is 11.7. The Balaban J connectivity index is 1.98. The molecule has 2 rings (SSSR count). The van der Waals surface area contributed by atoms with E-state index in [1.807, 2.05) is 0 Å². The molecule has 1 aromatic rings. The third-order valence-electron chi connectivity index (χ3n) is 3.09. The van der Waals surface area contributed by atoms with Crippen LogP contribution < -0.4 is 10.5 Å². The van der Waals surface area contributed by atoms with Crippen molar-refractivity contribution in [2.75, 3.05) is 18.4 Å². The predicted octanol–water partition coefficient (Wildman–Crippen LogP) is 0.575. The lowest BCUT2D eigenvalue weighted by atomic mass is 10.1. The average molecular weight is 325 g/mol. The van der Waals surface area contributed by atoms with Crippen LogP contribution in [0.5, 0.6) is 0 Å². The van der Waals surface area contributed by atoms with Gasteiger partial charge in [0.25, 0.3) is 10.2 Å². The van der Waals surface area contributed by atoms with Gasteiger partial charge in [0.15, 0.2) is 0 Å². The van der Waals surface area contributed by atoms with E-state index in [0.29, 0.717) is 12.8 Å². The third kappa shape index (κ3) is 4.25. The van der Waals surface area contributed by atoms with E-state index in [4.69, 9.17) is 5.14 Å². The zero-order valence-electron chi connectivity index (χ0n) is 10.8. The molecule has 0 unspecified atom stereocenters. The molecule has 1 aliphatic heterocycles. The molecule has 0 bridgehead atoms. The van der Waals surface area contributed by atoms with E-state index in [-0.39, 0.29) is 25.1 Å². The second-order valence-corrected chi connectivity index (χ2v) is 6.17. The Morgan fingerprint density at radius 2 is 1.95 bits per heavy atom. The highest BCUT2D eigenvalue weighted by Gasteiger charge is 2.33. The summed E-state index contributed by atoms with van der Waals surface area (Å²) in [5, 5.41) is 7.78. The van der Waals surface area contributed by atoms with Gasteiger partial charge in [-0.15, -0.1) is 0 Å². The van der Waals surface area contributed by atoms with E-state index in [1.54, 1.807) is 0 Å². The number of nitrogens with one attached hydrogen (secondary N) is 1. The Kier molecular flexibility index (Phi) is 4.35. The standard InChI is InChI=1S/C10H14F3N5O2S/c11-10(12,13)8-1-4-15-9(17-8)16-7-2-5-18(6-3-7)21(14,19)20/h1,4,7H,2-3,5-6H2,(H2,14,19,20)(H,15,16,17). The van der Waals surface area contributed by atoms with E-state index in [1.165, 1.54) is 0 Å². The van der Waals surface area contributed by atoms with Crippen molar-refractivity contribution in [1.29, 1.82) is 0 Å². The van der Waals surface area contributed by atoms with Crippen LogP contribution in [0.1, 0.15) is 18.5 Å². The molecule has 0 aromatic carbocycles. The molecule has 0 spiro atoms. The summed E-state index contributed by atoms with van der Waals surface area (Å²) in [6.45, 7) is 0.408. The largest absolute Gasteiger partial charge is 0.433 e.